The van der Waals surface area contributed by atoms with Crippen molar-refractivity contribution in [3.05, 3.63) is 47.5 Å². The molecule has 2 rings (SSSR count). The van der Waals surface area contributed by atoms with Crippen LogP contribution in [0.25, 0.3) is 0 Å². The standard InChI is InChI=1S/C15H18O4/c1-11(9-18-10-17-2)8-13-14(19-15(13)16)12-6-4-3-5-7-12/h3-8,13-14H,9-10H2,1-2H3/b11-8+/t13-,14?/m0/s1. The van der Waals surface area contributed by atoms with Gasteiger partial charge in [0.25, 0.3) is 0 Å². The van der Waals surface area contributed by atoms with Crippen LogP contribution in [0.15, 0.2) is 42.0 Å². The third-order valence-electron chi connectivity index (χ3n) is 2.96. The fourth-order valence-corrected chi connectivity index (χ4v) is 2.04. The zero-order valence-electron chi connectivity index (χ0n) is 11.2. The summed E-state index contributed by atoms with van der Waals surface area (Å²) in [7, 11) is 1.58. The molecule has 1 fully saturated rings. The predicted octanol–water partition coefficient (Wildman–Crippen LogP) is 2.47. The molecule has 0 aliphatic carbocycles. The van der Waals surface area contributed by atoms with Crippen molar-refractivity contribution in [2.45, 2.75) is 13.0 Å². The average molecular weight is 262 g/mol. The lowest BCUT2D eigenvalue weighted by atomic mass is 9.89. The van der Waals surface area contributed by atoms with Crippen molar-refractivity contribution in [2.24, 2.45) is 5.92 Å². The molecule has 102 valence electrons. The van der Waals surface area contributed by atoms with Crippen molar-refractivity contribution in [2.75, 3.05) is 20.5 Å². The first-order chi connectivity index (χ1) is 9.22. The van der Waals surface area contributed by atoms with Gasteiger partial charge in [0.15, 0.2) is 0 Å². The van der Waals surface area contributed by atoms with Gasteiger partial charge in [0.2, 0.25) is 0 Å². The molecule has 1 aromatic carbocycles. The number of methoxy groups -OCH3 is 1. The maximum atomic E-state index is 11.5. The fourth-order valence-electron chi connectivity index (χ4n) is 2.04. The Morgan fingerprint density at radius 1 is 1.37 bits per heavy atom. The summed E-state index contributed by atoms with van der Waals surface area (Å²) in [6.45, 7) is 2.64. The molecule has 2 atom stereocenters. The Labute approximate surface area is 113 Å². The molecule has 4 heteroatoms. The van der Waals surface area contributed by atoms with Crippen LogP contribution < -0.4 is 0 Å². The van der Waals surface area contributed by atoms with E-state index >= 15 is 0 Å². The minimum absolute atomic E-state index is 0.175. The number of carbonyl (C=O) groups is 1. The first kappa shape index (κ1) is 13.8. The Morgan fingerprint density at radius 3 is 2.74 bits per heavy atom. The third kappa shape index (κ3) is 3.43. The maximum Gasteiger partial charge on any atom is 0.317 e. The lowest BCUT2D eigenvalue weighted by molar-refractivity contribution is -0.180. The van der Waals surface area contributed by atoms with Crippen LogP contribution in [0.2, 0.25) is 0 Å². The van der Waals surface area contributed by atoms with Crippen LogP contribution in [0, 0.1) is 5.92 Å². The van der Waals surface area contributed by atoms with E-state index in [0.717, 1.165) is 11.1 Å². The number of esters is 1. The molecule has 1 aliphatic rings. The van der Waals surface area contributed by atoms with Crippen LogP contribution in [0.4, 0.5) is 0 Å². The van der Waals surface area contributed by atoms with E-state index in [2.05, 4.69) is 0 Å². The van der Waals surface area contributed by atoms with Crippen molar-refractivity contribution in [3.8, 4) is 0 Å². The van der Waals surface area contributed by atoms with Crippen molar-refractivity contribution in [3.63, 3.8) is 0 Å². The Balaban J connectivity index is 1.98. The summed E-state index contributed by atoms with van der Waals surface area (Å²) >= 11 is 0. The summed E-state index contributed by atoms with van der Waals surface area (Å²) in [4.78, 5) is 11.5. The molecular formula is C15H18O4. The van der Waals surface area contributed by atoms with Gasteiger partial charge in [0, 0.05) is 7.11 Å². The minimum Gasteiger partial charge on any atom is -0.456 e. The largest absolute Gasteiger partial charge is 0.456 e. The van der Waals surface area contributed by atoms with Gasteiger partial charge in [-0.2, -0.15) is 0 Å². The summed E-state index contributed by atoms with van der Waals surface area (Å²) in [5, 5.41) is 0. The van der Waals surface area contributed by atoms with E-state index in [1.165, 1.54) is 0 Å². The fraction of sp³-hybridized carbons (Fsp3) is 0.400. The highest BCUT2D eigenvalue weighted by Crippen LogP contribution is 2.38. The Morgan fingerprint density at radius 2 is 2.11 bits per heavy atom. The predicted molar refractivity (Wildman–Crippen MR) is 70.4 cm³/mol. The molecule has 0 radical (unpaired) electrons. The molecule has 0 saturated carbocycles. The van der Waals surface area contributed by atoms with Gasteiger partial charge in [-0.15, -0.1) is 0 Å². The number of hydrogen-bond acceptors (Lipinski definition) is 4. The molecule has 0 amide bonds. The molecule has 0 aromatic heterocycles. The molecule has 1 saturated heterocycles. The van der Waals surface area contributed by atoms with Gasteiger partial charge in [0.1, 0.15) is 18.8 Å². The van der Waals surface area contributed by atoms with Crippen molar-refractivity contribution in [1.29, 1.82) is 0 Å². The second-order valence-electron chi connectivity index (χ2n) is 4.56. The molecule has 0 N–H and O–H groups in total. The number of carbonyl (C=O) groups excluding carboxylic acids is 1. The molecule has 1 aromatic rings. The van der Waals surface area contributed by atoms with Gasteiger partial charge < -0.3 is 14.2 Å². The molecular weight excluding hydrogens is 244 g/mol. The average Bonchev–Trinajstić information content (AvgIpc) is 2.43. The normalized spacial score (nSPS) is 22.8. The number of hydrogen-bond donors (Lipinski definition) is 0. The summed E-state index contributed by atoms with van der Waals surface area (Å²) < 4.78 is 15.3. The summed E-state index contributed by atoms with van der Waals surface area (Å²) in [6.07, 6.45) is 1.74. The molecule has 1 aliphatic heterocycles. The highest BCUT2D eigenvalue weighted by Gasteiger charge is 2.41. The van der Waals surface area contributed by atoms with Gasteiger partial charge in [-0.05, 0) is 12.5 Å². The number of cyclic esters (lactones) is 1. The van der Waals surface area contributed by atoms with Crippen molar-refractivity contribution < 1.29 is 19.0 Å². The first-order valence-electron chi connectivity index (χ1n) is 6.22. The SMILES string of the molecule is COCOC/C(C)=C/[C@@H]1C(=O)OC1c1ccccc1. The molecule has 1 heterocycles. The molecule has 0 spiro atoms. The van der Waals surface area contributed by atoms with E-state index in [1.807, 2.05) is 43.3 Å². The zero-order chi connectivity index (χ0) is 13.7. The molecule has 4 nitrogen and oxygen atoms in total. The van der Waals surface area contributed by atoms with Crippen LogP contribution in [0.5, 0.6) is 0 Å². The van der Waals surface area contributed by atoms with Gasteiger partial charge in [0.05, 0.1) is 6.61 Å². The van der Waals surface area contributed by atoms with Crippen LogP contribution in [0.3, 0.4) is 0 Å². The number of benzene rings is 1. The molecule has 0 bridgehead atoms. The summed E-state index contributed by atoms with van der Waals surface area (Å²) in [5.74, 6) is -0.395. The highest BCUT2D eigenvalue weighted by molar-refractivity contribution is 5.81. The van der Waals surface area contributed by atoms with Gasteiger partial charge >= 0.3 is 5.97 Å². The number of rotatable bonds is 6. The maximum absolute atomic E-state index is 11.5. The molecule has 1 unspecified atom stereocenters. The molecule has 19 heavy (non-hydrogen) atoms. The van der Waals surface area contributed by atoms with Gasteiger partial charge in [-0.3, -0.25) is 4.79 Å². The van der Waals surface area contributed by atoms with Crippen molar-refractivity contribution >= 4 is 5.97 Å². The number of ether oxygens (including phenoxy) is 3. The van der Waals surface area contributed by atoms with Crippen LogP contribution in [-0.2, 0) is 19.0 Å². The van der Waals surface area contributed by atoms with E-state index in [9.17, 15) is 4.79 Å². The van der Waals surface area contributed by atoms with E-state index in [0.29, 0.717) is 6.61 Å². The topological polar surface area (TPSA) is 44.8 Å². The van der Waals surface area contributed by atoms with Crippen LogP contribution >= 0.6 is 0 Å². The third-order valence-corrected chi connectivity index (χ3v) is 2.96. The smallest absolute Gasteiger partial charge is 0.317 e. The van der Waals surface area contributed by atoms with E-state index in [-0.39, 0.29) is 24.8 Å². The van der Waals surface area contributed by atoms with E-state index < -0.39 is 0 Å². The van der Waals surface area contributed by atoms with E-state index in [4.69, 9.17) is 14.2 Å². The van der Waals surface area contributed by atoms with E-state index in [1.54, 1.807) is 7.11 Å². The van der Waals surface area contributed by atoms with Gasteiger partial charge in [-0.25, -0.2) is 0 Å². The quantitative estimate of drug-likeness (QED) is 0.342. The second kappa shape index (κ2) is 6.50. The minimum atomic E-state index is -0.214. The van der Waals surface area contributed by atoms with Crippen LogP contribution in [-0.4, -0.2) is 26.5 Å². The Kier molecular flexibility index (Phi) is 4.71. The highest BCUT2D eigenvalue weighted by atomic mass is 16.7. The van der Waals surface area contributed by atoms with Crippen LogP contribution in [0.1, 0.15) is 18.6 Å². The first-order valence-corrected chi connectivity index (χ1v) is 6.22. The van der Waals surface area contributed by atoms with Gasteiger partial charge in [-0.1, -0.05) is 42.0 Å². The second-order valence-corrected chi connectivity index (χ2v) is 4.56. The summed E-state index contributed by atoms with van der Waals surface area (Å²) in [6, 6.07) is 9.76. The lowest BCUT2D eigenvalue weighted by Gasteiger charge is -2.34. The summed E-state index contributed by atoms with van der Waals surface area (Å²) in [5.41, 5.74) is 2.02. The lowest BCUT2D eigenvalue weighted by Crippen LogP contribution is -2.37. The monoisotopic (exact) mass is 262 g/mol. The Bertz CT molecular complexity index is 452. The van der Waals surface area contributed by atoms with Crippen molar-refractivity contribution in [1.82, 2.24) is 0 Å². The zero-order valence-corrected chi connectivity index (χ0v) is 11.2. The Hall–Kier alpha value is -1.65.